The molecule has 0 amide bonds. The molecule has 0 saturated carbocycles. The monoisotopic (exact) mass is 216 g/mol. The highest BCUT2D eigenvalue weighted by molar-refractivity contribution is 6.30. The Balaban J connectivity index is 2.54. The lowest BCUT2D eigenvalue weighted by molar-refractivity contribution is -0.140. The van der Waals surface area contributed by atoms with Crippen molar-refractivity contribution in [3.05, 3.63) is 34.6 Å². The van der Waals surface area contributed by atoms with E-state index in [-0.39, 0.29) is 18.4 Å². The second kappa shape index (κ2) is 4.96. The summed E-state index contributed by atoms with van der Waals surface area (Å²) in [5.41, 5.74) is 0.719. The van der Waals surface area contributed by atoms with Gasteiger partial charge in [-0.05, 0) is 23.8 Å². The molecule has 1 aromatic rings. The van der Waals surface area contributed by atoms with Crippen LogP contribution in [0.4, 0.5) is 4.39 Å². The van der Waals surface area contributed by atoms with Crippen molar-refractivity contribution in [2.75, 3.05) is 6.61 Å². The molecule has 76 valence electrons. The van der Waals surface area contributed by atoms with Crippen LogP contribution in [-0.4, -0.2) is 12.6 Å². The first-order chi connectivity index (χ1) is 6.58. The van der Waals surface area contributed by atoms with Gasteiger partial charge >= 0.3 is 5.97 Å². The lowest BCUT2D eigenvalue weighted by Gasteiger charge is -2.03. The van der Waals surface area contributed by atoms with Crippen LogP contribution in [0.15, 0.2) is 18.2 Å². The summed E-state index contributed by atoms with van der Waals surface area (Å²) in [6.45, 7) is 1.58. The van der Waals surface area contributed by atoms with Gasteiger partial charge in [0.1, 0.15) is 5.82 Å². The fraction of sp³-hybridized carbons (Fsp3) is 0.300. The third kappa shape index (κ3) is 3.75. The van der Waals surface area contributed by atoms with Crippen molar-refractivity contribution in [2.45, 2.75) is 13.3 Å². The lowest BCUT2D eigenvalue weighted by atomic mass is 10.1. The second-order valence-corrected chi connectivity index (χ2v) is 3.30. The molecule has 0 bridgehead atoms. The van der Waals surface area contributed by atoms with Gasteiger partial charge in [0.25, 0.3) is 0 Å². The van der Waals surface area contributed by atoms with Crippen LogP contribution < -0.4 is 0 Å². The zero-order valence-electron chi connectivity index (χ0n) is 7.72. The van der Waals surface area contributed by atoms with E-state index in [9.17, 15) is 9.18 Å². The van der Waals surface area contributed by atoms with E-state index in [4.69, 9.17) is 16.3 Å². The molecule has 0 aliphatic carbocycles. The van der Waals surface area contributed by atoms with Crippen LogP contribution in [0, 0.1) is 5.82 Å². The maximum atomic E-state index is 12.8. The average Bonchev–Trinajstić information content (AvgIpc) is 2.01. The molecular formula is C10H10ClFO2. The van der Waals surface area contributed by atoms with E-state index in [0.29, 0.717) is 11.4 Å². The highest BCUT2D eigenvalue weighted by Crippen LogP contribution is 2.14. The molecule has 0 aromatic heterocycles. The number of benzene rings is 1. The standard InChI is InChI=1S/C10H10ClFO2/c1-7(13)14-3-2-8-4-9(11)6-10(12)5-8/h4-6H,2-3H2,1H3. The third-order valence-corrected chi connectivity index (χ3v) is 1.84. The molecule has 1 rings (SSSR count). The highest BCUT2D eigenvalue weighted by Gasteiger charge is 2.00. The molecule has 1 aromatic carbocycles. The minimum atomic E-state index is -0.379. The first-order valence-corrected chi connectivity index (χ1v) is 4.54. The largest absolute Gasteiger partial charge is 0.466 e. The molecule has 0 atom stereocenters. The molecule has 0 saturated heterocycles. The van der Waals surface area contributed by atoms with E-state index in [2.05, 4.69) is 0 Å². The number of rotatable bonds is 3. The molecule has 0 fully saturated rings. The molecule has 14 heavy (non-hydrogen) atoms. The van der Waals surface area contributed by atoms with Crippen molar-refractivity contribution >= 4 is 17.6 Å². The number of ether oxygens (including phenoxy) is 1. The molecular weight excluding hydrogens is 207 g/mol. The minimum Gasteiger partial charge on any atom is -0.466 e. The first kappa shape index (κ1) is 11.0. The summed E-state index contributed by atoms with van der Waals surface area (Å²) in [6, 6.07) is 4.25. The topological polar surface area (TPSA) is 26.3 Å². The SMILES string of the molecule is CC(=O)OCCc1cc(F)cc(Cl)c1. The van der Waals surface area contributed by atoms with Crippen LogP contribution in [0.2, 0.25) is 5.02 Å². The van der Waals surface area contributed by atoms with Crippen LogP contribution in [0.3, 0.4) is 0 Å². The zero-order valence-corrected chi connectivity index (χ0v) is 8.47. The van der Waals surface area contributed by atoms with Gasteiger partial charge in [0, 0.05) is 18.4 Å². The molecule has 0 spiro atoms. The van der Waals surface area contributed by atoms with E-state index in [1.165, 1.54) is 19.1 Å². The Kier molecular flexibility index (Phi) is 3.89. The molecule has 0 heterocycles. The second-order valence-electron chi connectivity index (χ2n) is 2.87. The summed E-state index contributed by atoms with van der Waals surface area (Å²) >= 11 is 5.64. The normalized spacial score (nSPS) is 9.93. The predicted molar refractivity (Wildman–Crippen MR) is 51.7 cm³/mol. The van der Waals surface area contributed by atoms with Gasteiger partial charge in [0.05, 0.1) is 6.61 Å². The van der Waals surface area contributed by atoms with Crippen molar-refractivity contribution in [3.63, 3.8) is 0 Å². The highest BCUT2D eigenvalue weighted by atomic mass is 35.5. The van der Waals surface area contributed by atoms with Crippen LogP contribution in [0.1, 0.15) is 12.5 Å². The van der Waals surface area contributed by atoms with Crippen molar-refractivity contribution in [2.24, 2.45) is 0 Å². The van der Waals surface area contributed by atoms with Gasteiger partial charge in [-0.15, -0.1) is 0 Å². The zero-order chi connectivity index (χ0) is 10.6. The maximum absolute atomic E-state index is 12.8. The molecule has 0 N–H and O–H groups in total. The molecule has 0 unspecified atom stereocenters. The van der Waals surface area contributed by atoms with Crippen molar-refractivity contribution < 1.29 is 13.9 Å². The smallest absolute Gasteiger partial charge is 0.302 e. The molecule has 4 heteroatoms. The third-order valence-electron chi connectivity index (χ3n) is 1.62. The van der Waals surface area contributed by atoms with E-state index in [0.717, 1.165) is 5.56 Å². The fourth-order valence-corrected chi connectivity index (χ4v) is 1.31. The Hall–Kier alpha value is -1.09. The summed E-state index contributed by atoms with van der Waals surface area (Å²) in [6.07, 6.45) is 0.469. The van der Waals surface area contributed by atoms with Gasteiger partial charge in [-0.1, -0.05) is 11.6 Å². The van der Waals surface area contributed by atoms with Crippen LogP contribution in [0.5, 0.6) is 0 Å². The van der Waals surface area contributed by atoms with E-state index >= 15 is 0 Å². The van der Waals surface area contributed by atoms with E-state index < -0.39 is 0 Å². The Morgan fingerprint density at radius 3 is 2.79 bits per heavy atom. The van der Waals surface area contributed by atoms with Gasteiger partial charge < -0.3 is 4.74 Å². The molecule has 2 nitrogen and oxygen atoms in total. The Labute approximate surface area is 86.6 Å². The van der Waals surface area contributed by atoms with Crippen molar-refractivity contribution in [1.82, 2.24) is 0 Å². The fourth-order valence-electron chi connectivity index (χ4n) is 1.07. The van der Waals surface area contributed by atoms with Gasteiger partial charge in [0.15, 0.2) is 0 Å². The predicted octanol–water partition coefficient (Wildman–Crippen LogP) is 2.58. The summed E-state index contributed by atoms with van der Waals surface area (Å²) in [5.74, 6) is -0.720. The van der Waals surface area contributed by atoms with Gasteiger partial charge in [-0.3, -0.25) is 4.79 Å². The molecule has 0 aliphatic heterocycles. The maximum Gasteiger partial charge on any atom is 0.302 e. The van der Waals surface area contributed by atoms with Crippen molar-refractivity contribution in [1.29, 1.82) is 0 Å². The summed E-state index contributed by atoms with van der Waals surface area (Å²) in [4.78, 5) is 10.4. The van der Waals surface area contributed by atoms with E-state index in [1.807, 2.05) is 0 Å². The number of hydrogen-bond donors (Lipinski definition) is 0. The lowest BCUT2D eigenvalue weighted by Crippen LogP contribution is -2.03. The summed E-state index contributed by atoms with van der Waals surface area (Å²) in [7, 11) is 0. The summed E-state index contributed by atoms with van der Waals surface area (Å²) in [5, 5.41) is 0.350. The number of hydrogen-bond acceptors (Lipinski definition) is 2. The quantitative estimate of drug-likeness (QED) is 0.726. The van der Waals surface area contributed by atoms with Crippen LogP contribution >= 0.6 is 11.6 Å². The molecule has 0 radical (unpaired) electrons. The van der Waals surface area contributed by atoms with Crippen molar-refractivity contribution in [3.8, 4) is 0 Å². The minimum absolute atomic E-state index is 0.245. The van der Waals surface area contributed by atoms with Crippen LogP contribution in [-0.2, 0) is 16.0 Å². The number of halogens is 2. The molecule has 0 aliphatic rings. The van der Waals surface area contributed by atoms with Gasteiger partial charge in [-0.2, -0.15) is 0 Å². The van der Waals surface area contributed by atoms with Gasteiger partial charge in [0.2, 0.25) is 0 Å². The average molecular weight is 217 g/mol. The Morgan fingerprint density at radius 1 is 1.50 bits per heavy atom. The van der Waals surface area contributed by atoms with Gasteiger partial charge in [-0.25, -0.2) is 4.39 Å². The van der Waals surface area contributed by atoms with E-state index in [1.54, 1.807) is 6.07 Å². The Bertz CT molecular complexity index is 319. The van der Waals surface area contributed by atoms with Crippen LogP contribution in [0.25, 0.3) is 0 Å². The number of carbonyl (C=O) groups excluding carboxylic acids is 1. The summed E-state index contributed by atoms with van der Waals surface area (Å²) < 4.78 is 17.5. The number of esters is 1. The first-order valence-electron chi connectivity index (χ1n) is 4.16. The number of carbonyl (C=O) groups is 1. The Morgan fingerprint density at radius 2 is 2.21 bits per heavy atom.